The fraction of sp³-hybridized carbons (Fsp3) is 0.933. The van der Waals surface area contributed by atoms with Crippen LogP contribution in [0.2, 0.25) is 0 Å². The first-order valence-electron chi connectivity index (χ1n) is 8.16. The third-order valence-electron chi connectivity index (χ3n) is 3.66. The smallest absolute Gasteiger partial charge is 0.191 e. The zero-order chi connectivity index (χ0) is 14.6. The molecule has 0 aromatic rings. The van der Waals surface area contributed by atoms with E-state index in [0.717, 1.165) is 64.7 Å². The van der Waals surface area contributed by atoms with Crippen LogP contribution < -0.4 is 10.6 Å². The Morgan fingerprint density at radius 2 is 2.05 bits per heavy atom. The molecule has 1 aliphatic heterocycles. The van der Waals surface area contributed by atoms with Gasteiger partial charge in [-0.1, -0.05) is 13.8 Å². The molecule has 20 heavy (non-hydrogen) atoms. The highest BCUT2D eigenvalue weighted by Gasteiger charge is 2.14. The maximum atomic E-state index is 5.60. The summed E-state index contributed by atoms with van der Waals surface area (Å²) in [7, 11) is 0. The highest BCUT2D eigenvalue weighted by atomic mass is 16.5. The molecule has 1 saturated heterocycles. The second-order valence-corrected chi connectivity index (χ2v) is 5.16. The number of rotatable bonds is 9. The fourth-order valence-corrected chi connectivity index (χ4v) is 2.37. The van der Waals surface area contributed by atoms with Gasteiger partial charge in [0.2, 0.25) is 0 Å². The summed E-state index contributed by atoms with van der Waals surface area (Å²) >= 11 is 0. The van der Waals surface area contributed by atoms with E-state index in [1.54, 1.807) is 0 Å². The van der Waals surface area contributed by atoms with Crippen LogP contribution in [-0.2, 0) is 4.74 Å². The molecule has 1 atom stereocenters. The lowest BCUT2D eigenvalue weighted by Crippen LogP contribution is -2.39. The van der Waals surface area contributed by atoms with Crippen LogP contribution in [0.3, 0.4) is 0 Å². The zero-order valence-electron chi connectivity index (χ0n) is 13.5. The number of hydrogen-bond donors (Lipinski definition) is 2. The van der Waals surface area contributed by atoms with Crippen LogP contribution in [0.15, 0.2) is 4.99 Å². The Bertz CT molecular complexity index is 261. The number of nitrogens with zero attached hydrogens (tertiary/aromatic N) is 2. The molecule has 0 radical (unpaired) electrons. The second kappa shape index (κ2) is 10.9. The Balaban J connectivity index is 2.21. The topological polar surface area (TPSA) is 48.9 Å². The van der Waals surface area contributed by atoms with E-state index in [-0.39, 0.29) is 0 Å². The first kappa shape index (κ1) is 17.2. The molecule has 1 aliphatic rings. The first-order chi connectivity index (χ1) is 9.80. The minimum Gasteiger partial charge on any atom is -0.376 e. The van der Waals surface area contributed by atoms with Crippen molar-refractivity contribution in [3.63, 3.8) is 0 Å². The van der Waals surface area contributed by atoms with Gasteiger partial charge in [-0.15, -0.1) is 0 Å². The Labute approximate surface area is 124 Å². The van der Waals surface area contributed by atoms with Crippen molar-refractivity contribution >= 4 is 5.96 Å². The van der Waals surface area contributed by atoms with Crippen molar-refractivity contribution in [2.45, 2.75) is 46.1 Å². The van der Waals surface area contributed by atoms with Crippen LogP contribution in [0.1, 0.15) is 40.0 Å². The quantitative estimate of drug-likeness (QED) is 0.382. The molecule has 2 N–H and O–H groups in total. The van der Waals surface area contributed by atoms with Crippen molar-refractivity contribution in [2.24, 2.45) is 4.99 Å². The summed E-state index contributed by atoms with van der Waals surface area (Å²) in [4.78, 5) is 7.05. The predicted octanol–water partition coefficient (Wildman–Crippen LogP) is 1.45. The third-order valence-corrected chi connectivity index (χ3v) is 3.66. The number of guanidine groups is 1. The highest BCUT2D eigenvalue weighted by Crippen LogP contribution is 2.11. The van der Waals surface area contributed by atoms with E-state index in [4.69, 9.17) is 4.74 Å². The van der Waals surface area contributed by atoms with E-state index in [0.29, 0.717) is 6.10 Å². The zero-order valence-corrected chi connectivity index (χ0v) is 13.5. The van der Waals surface area contributed by atoms with E-state index in [2.05, 4.69) is 41.3 Å². The summed E-state index contributed by atoms with van der Waals surface area (Å²) in [5, 5.41) is 6.70. The molecular formula is C15H32N4O. The van der Waals surface area contributed by atoms with E-state index in [1.165, 1.54) is 6.42 Å². The van der Waals surface area contributed by atoms with Gasteiger partial charge in [0.15, 0.2) is 5.96 Å². The minimum atomic E-state index is 0.320. The molecular weight excluding hydrogens is 252 g/mol. The number of ether oxygens (including phenoxy) is 1. The molecule has 5 heteroatoms. The van der Waals surface area contributed by atoms with Gasteiger partial charge in [-0.3, -0.25) is 4.99 Å². The van der Waals surface area contributed by atoms with Crippen LogP contribution in [0.5, 0.6) is 0 Å². The molecule has 0 aliphatic carbocycles. The standard InChI is InChI=1S/C15H32N4O/c1-4-16-15(18-13-14-9-7-12-20-14)17-10-8-11-19(5-2)6-3/h14H,4-13H2,1-3H3,(H2,16,17,18). The summed E-state index contributed by atoms with van der Waals surface area (Å²) in [6, 6.07) is 0. The second-order valence-electron chi connectivity index (χ2n) is 5.16. The van der Waals surface area contributed by atoms with Crippen molar-refractivity contribution in [3.8, 4) is 0 Å². The number of nitrogens with one attached hydrogen (secondary N) is 2. The molecule has 0 aromatic carbocycles. The van der Waals surface area contributed by atoms with Gasteiger partial charge in [-0.05, 0) is 45.8 Å². The fourth-order valence-electron chi connectivity index (χ4n) is 2.37. The predicted molar refractivity (Wildman–Crippen MR) is 85.4 cm³/mol. The summed E-state index contributed by atoms with van der Waals surface area (Å²) < 4.78 is 5.60. The van der Waals surface area contributed by atoms with Crippen LogP contribution in [0, 0.1) is 0 Å². The van der Waals surface area contributed by atoms with Gasteiger partial charge in [-0.25, -0.2) is 0 Å². The molecule has 0 bridgehead atoms. The van der Waals surface area contributed by atoms with Crippen molar-refractivity contribution < 1.29 is 4.74 Å². The lowest BCUT2D eigenvalue weighted by Gasteiger charge is -2.18. The third kappa shape index (κ3) is 7.10. The van der Waals surface area contributed by atoms with E-state index >= 15 is 0 Å². The summed E-state index contributed by atoms with van der Waals surface area (Å²) in [5.74, 6) is 0.919. The number of hydrogen-bond acceptors (Lipinski definition) is 3. The van der Waals surface area contributed by atoms with Crippen molar-refractivity contribution in [1.29, 1.82) is 0 Å². The maximum absolute atomic E-state index is 5.60. The van der Waals surface area contributed by atoms with Crippen LogP contribution in [0.25, 0.3) is 0 Å². The average molecular weight is 284 g/mol. The van der Waals surface area contributed by atoms with Crippen molar-refractivity contribution in [3.05, 3.63) is 0 Å². The Kier molecular flexibility index (Phi) is 9.41. The monoisotopic (exact) mass is 284 g/mol. The Morgan fingerprint density at radius 1 is 1.25 bits per heavy atom. The van der Waals surface area contributed by atoms with Gasteiger partial charge >= 0.3 is 0 Å². The van der Waals surface area contributed by atoms with Crippen LogP contribution in [-0.4, -0.2) is 62.8 Å². The average Bonchev–Trinajstić information content (AvgIpc) is 2.98. The molecule has 5 nitrogen and oxygen atoms in total. The first-order valence-corrected chi connectivity index (χ1v) is 8.16. The molecule has 0 spiro atoms. The molecule has 1 unspecified atom stereocenters. The lowest BCUT2D eigenvalue weighted by atomic mass is 10.2. The van der Waals surface area contributed by atoms with Gasteiger partial charge < -0.3 is 20.3 Å². The summed E-state index contributed by atoms with van der Waals surface area (Å²) in [6.07, 6.45) is 3.78. The summed E-state index contributed by atoms with van der Waals surface area (Å²) in [5.41, 5.74) is 0. The van der Waals surface area contributed by atoms with Crippen LogP contribution >= 0.6 is 0 Å². The van der Waals surface area contributed by atoms with E-state index in [9.17, 15) is 0 Å². The number of aliphatic imine (C=N–C) groups is 1. The molecule has 1 heterocycles. The van der Waals surface area contributed by atoms with Gasteiger partial charge in [-0.2, -0.15) is 0 Å². The molecule has 0 aromatic heterocycles. The Hall–Kier alpha value is -0.810. The maximum Gasteiger partial charge on any atom is 0.191 e. The SMILES string of the molecule is CCNC(=NCC1CCCO1)NCCCN(CC)CC. The normalized spacial score (nSPS) is 19.6. The molecule has 0 amide bonds. The van der Waals surface area contributed by atoms with Gasteiger partial charge in [0.05, 0.1) is 12.6 Å². The van der Waals surface area contributed by atoms with Gasteiger partial charge in [0.25, 0.3) is 0 Å². The van der Waals surface area contributed by atoms with Crippen molar-refractivity contribution in [1.82, 2.24) is 15.5 Å². The lowest BCUT2D eigenvalue weighted by molar-refractivity contribution is 0.117. The largest absolute Gasteiger partial charge is 0.376 e. The van der Waals surface area contributed by atoms with Gasteiger partial charge in [0, 0.05) is 19.7 Å². The Morgan fingerprint density at radius 3 is 2.65 bits per heavy atom. The molecule has 0 saturated carbocycles. The van der Waals surface area contributed by atoms with E-state index in [1.807, 2.05) is 0 Å². The van der Waals surface area contributed by atoms with Crippen LogP contribution in [0.4, 0.5) is 0 Å². The summed E-state index contributed by atoms with van der Waals surface area (Å²) in [6.45, 7) is 13.5. The minimum absolute atomic E-state index is 0.320. The highest BCUT2D eigenvalue weighted by molar-refractivity contribution is 5.79. The molecule has 1 rings (SSSR count). The van der Waals surface area contributed by atoms with E-state index < -0.39 is 0 Å². The molecule has 118 valence electrons. The van der Waals surface area contributed by atoms with Crippen molar-refractivity contribution in [2.75, 3.05) is 45.9 Å². The van der Waals surface area contributed by atoms with Gasteiger partial charge in [0.1, 0.15) is 0 Å². The molecule has 1 fully saturated rings.